The summed E-state index contributed by atoms with van der Waals surface area (Å²) < 4.78 is 7.29. The van der Waals surface area contributed by atoms with Crippen LogP contribution in [0.5, 0.6) is 0 Å². The Labute approximate surface area is 118 Å². The summed E-state index contributed by atoms with van der Waals surface area (Å²) in [6, 6.07) is 2.29. The van der Waals surface area contributed by atoms with Crippen LogP contribution in [0.15, 0.2) is 12.3 Å². The first-order valence-electron chi connectivity index (χ1n) is 7.37. The summed E-state index contributed by atoms with van der Waals surface area (Å²) in [5.41, 5.74) is 0.499. The third-order valence-electron chi connectivity index (χ3n) is 4.32. The molecule has 2 fully saturated rings. The number of aromatic nitrogens is 2. The van der Waals surface area contributed by atoms with Gasteiger partial charge in [-0.1, -0.05) is 12.8 Å². The molecule has 1 saturated carbocycles. The predicted molar refractivity (Wildman–Crippen MR) is 74.7 cm³/mol. The Hall–Kier alpha value is -1.40. The Morgan fingerprint density at radius 1 is 1.45 bits per heavy atom. The Morgan fingerprint density at radius 3 is 3.00 bits per heavy atom. The number of hydrogen-bond acceptors (Lipinski definition) is 4. The molecule has 3 rings (SSSR count). The summed E-state index contributed by atoms with van der Waals surface area (Å²) in [5, 5.41) is 10.6. The van der Waals surface area contributed by atoms with E-state index in [0.29, 0.717) is 11.7 Å². The monoisotopic (exact) mass is 278 g/mol. The molecule has 2 heterocycles. The zero-order valence-electron chi connectivity index (χ0n) is 11.8. The second-order valence-corrected chi connectivity index (χ2v) is 5.63. The number of ether oxygens (including phenoxy) is 1. The van der Waals surface area contributed by atoms with Crippen molar-refractivity contribution in [1.29, 1.82) is 0 Å². The van der Waals surface area contributed by atoms with Crippen LogP contribution in [0.2, 0.25) is 0 Å². The van der Waals surface area contributed by atoms with E-state index >= 15 is 0 Å². The van der Waals surface area contributed by atoms with Gasteiger partial charge in [-0.3, -0.25) is 9.48 Å². The van der Waals surface area contributed by atoms with Crippen molar-refractivity contribution < 1.29 is 9.53 Å². The maximum absolute atomic E-state index is 12.2. The normalized spacial score (nSPS) is 27.1. The first kappa shape index (κ1) is 13.6. The minimum atomic E-state index is -0.113. The number of nitrogens with zero attached hydrogens (tertiary/aromatic N) is 2. The average Bonchev–Trinajstić information content (AvgIpc) is 3.19. The van der Waals surface area contributed by atoms with Crippen molar-refractivity contribution in [3.63, 3.8) is 0 Å². The summed E-state index contributed by atoms with van der Waals surface area (Å²) >= 11 is 0. The minimum Gasteiger partial charge on any atom is -0.378 e. The number of rotatable bonds is 4. The lowest BCUT2D eigenvalue weighted by molar-refractivity contribution is 0.0775. The van der Waals surface area contributed by atoms with E-state index in [4.69, 9.17) is 4.74 Å². The molecule has 1 amide bonds. The molecule has 0 bridgehead atoms. The summed E-state index contributed by atoms with van der Waals surface area (Å²) in [7, 11) is 1.67. The molecule has 1 saturated heterocycles. The van der Waals surface area contributed by atoms with E-state index < -0.39 is 0 Å². The lowest BCUT2D eigenvalue weighted by Crippen LogP contribution is -2.43. The van der Waals surface area contributed by atoms with Crippen molar-refractivity contribution in [3.8, 4) is 0 Å². The van der Waals surface area contributed by atoms with E-state index in [2.05, 4.69) is 15.7 Å². The zero-order valence-corrected chi connectivity index (χ0v) is 11.8. The van der Waals surface area contributed by atoms with E-state index in [0.717, 1.165) is 13.1 Å². The molecule has 2 N–H and O–H groups in total. The van der Waals surface area contributed by atoms with Gasteiger partial charge < -0.3 is 15.4 Å². The quantitative estimate of drug-likeness (QED) is 0.851. The van der Waals surface area contributed by atoms with E-state index in [-0.39, 0.29) is 18.1 Å². The second-order valence-electron chi connectivity index (χ2n) is 5.63. The van der Waals surface area contributed by atoms with E-state index in [1.54, 1.807) is 13.2 Å². The standard InChI is InChI=1S/C14H22N4O2/c1-20-13-9-15-8-12(13)16-14(19)11-6-7-18(17-11)10-4-2-3-5-10/h6-7,10,12-13,15H,2-5,8-9H2,1H3,(H,16,19). The van der Waals surface area contributed by atoms with Crippen LogP contribution in [0.3, 0.4) is 0 Å². The molecule has 1 aliphatic carbocycles. The third-order valence-corrected chi connectivity index (χ3v) is 4.32. The molecule has 1 aliphatic heterocycles. The van der Waals surface area contributed by atoms with Crippen LogP contribution < -0.4 is 10.6 Å². The van der Waals surface area contributed by atoms with Gasteiger partial charge in [-0.15, -0.1) is 0 Å². The SMILES string of the molecule is COC1CNCC1NC(=O)c1ccn(C2CCCC2)n1. The van der Waals surface area contributed by atoms with Crippen molar-refractivity contribution in [2.24, 2.45) is 0 Å². The highest BCUT2D eigenvalue weighted by Gasteiger charge is 2.29. The number of hydrogen-bond donors (Lipinski definition) is 2. The molecular formula is C14H22N4O2. The van der Waals surface area contributed by atoms with Gasteiger partial charge in [0.05, 0.1) is 18.2 Å². The molecule has 2 atom stereocenters. The molecule has 110 valence electrons. The van der Waals surface area contributed by atoms with Gasteiger partial charge in [-0.05, 0) is 18.9 Å². The van der Waals surface area contributed by atoms with Gasteiger partial charge in [0, 0.05) is 26.4 Å². The molecule has 6 heteroatoms. The highest BCUT2D eigenvalue weighted by Crippen LogP contribution is 2.28. The van der Waals surface area contributed by atoms with Crippen molar-refractivity contribution >= 4 is 5.91 Å². The summed E-state index contributed by atoms with van der Waals surface area (Å²) in [5.74, 6) is -0.113. The van der Waals surface area contributed by atoms with Crippen LogP contribution in [0.25, 0.3) is 0 Å². The first-order chi connectivity index (χ1) is 9.78. The topological polar surface area (TPSA) is 68.2 Å². The van der Waals surface area contributed by atoms with Gasteiger partial charge in [0.2, 0.25) is 0 Å². The van der Waals surface area contributed by atoms with Gasteiger partial charge in [0.1, 0.15) is 5.69 Å². The number of nitrogens with one attached hydrogen (secondary N) is 2. The highest BCUT2D eigenvalue weighted by molar-refractivity contribution is 5.92. The largest absolute Gasteiger partial charge is 0.378 e. The lowest BCUT2D eigenvalue weighted by Gasteiger charge is -2.17. The Balaban J connectivity index is 1.62. The second kappa shape index (κ2) is 5.93. The van der Waals surface area contributed by atoms with Gasteiger partial charge in [0.25, 0.3) is 5.91 Å². The van der Waals surface area contributed by atoms with Crippen LogP contribution in [-0.2, 0) is 4.74 Å². The fourth-order valence-corrected chi connectivity index (χ4v) is 3.12. The molecule has 20 heavy (non-hydrogen) atoms. The number of carbonyl (C=O) groups is 1. The Kier molecular flexibility index (Phi) is 4.03. The van der Waals surface area contributed by atoms with Crippen LogP contribution in [0.4, 0.5) is 0 Å². The molecule has 0 radical (unpaired) electrons. The summed E-state index contributed by atoms with van der Waals surface area (Å²) in [6.45, 7) is 1.52. The molecule has 2 aliphatic rings. The highest BCUT2D eigenvalue weighted by atomic mass is 16.5. The zero-order chi connectivity index (χ0) is 13.9. The Bertz CT molecular complexity index is 467. The summed E-state index contributed by atoms with van der Waals surface area (Å²) in [4.78, 5) is 12.2. The molecular weight excluding hydrogens is 256 g/mol. The number of methoxy groups -OCH3 is 1. The van der Waals surface area contributed by atoms with Crippen molar-refractivity contribution in [2.45, 2.75) is 43.9 Å². The van der Waals surface area contributed by atoms with Crippen LogP contribution in [0, 0.1) is 0 Å². The van der Waals surface area contributed by atoms with Gasteiger partial charge in [0.15, 0.2) is 0 Å². The minimum absolute atomic E-state index is 0.0177. The fourth-order valence-electron chi connectivity index (χ4n) is 3.12. The van der Waals surface area contributed by atoms with Crippen LogP contribution in [0.1, 0.15) is 42.2 Å². The number of amides is 1. The first-order valence-corrected chi connectivity index (χ1v) is 7.37. The van der Waals surface area contributed by atoms with Crippen LogP contribution in [-0.4, -0.2) is 48.0 Å². The molecule has 6 nitrogen and oxygen atoms in total. The molecule has 1 aromatic heterocycles. The lowest BCUT2D eigenvalue weighted by atomic mass is 10.2. The molecule has 0 spiro atoms. The molecule has 1 aromatic rings. The molecule has 2 unspecified atom stereocenters. The molecule has 0 aromatic carbocycles. The predicted octanol–water partition coefficient (Wildman–Crippen LogP) is 0.715. The smallest absolute Gasteiger partial charge is 0.272 e. The van der Waals surface area contributed by atoms with Crippen molar-refractivity contribution in [3.05, 3.63) is 18.0 Å². The summed E-state index contributed by atoms with van der Waals surface area (Å²) in [6.07, 6.45) is 6.81. The maximum Gasteiger partial charge on any atom is 0.272 e. The van der Waals surface area contributed by atoms with Gasteiger partial charge in [-0.25, -0.2) is 0 Å². The van der Waals surface area contributed by atoms with E-state index in [1.165, 1.54) is 25.7 Å². The average molecular weight is 278 g/mol. The Morgan fingerprint density at radius 2 is 2.25 bits per heavy atom. The maximum atomic E-state index is 12.2. The fraction of sp³-hybridized carbons (Fsp3) is 0.714. The van der Waals surface area contributed by atoms with E-state index in [1.807, 2.05) is 10.9 Å². The van der Waals surface area contributed by atoms with Crippen molar-refractivity contribution in [1.82, 2.24) is 20.4 Å². The number of carbonyl (C=O) groups excluding carboxylic acids is 1. The van der Waals surface area contributed by atoms with Gasteiger partial charge in [-0.2, -0.15) is 5.10 Å². The third kappa shape index (κ3) is 2.71. The van der Waals surface area contributed by atoms with Crippen LogP contribution >= 0.6 is 0 Å². The van der Waals surface area contributed by atoms with Gasteiger partial charge >= 0.3 is 0 Å². The van der Waals surface area contributed by atoms with E-state index in [9.17, 15) is 4.79 Å². The van der Waals surface area contributed by atoms with Crippen molar-refractivity contribution in [2.75, 3.05) is 20.2 Å².